The minimum absolute atomic E-state index is 0.348. The first-order chi connectivity index (χ1) is 8.02. The number of hydrogen-bond donors (Lipinski definition) is 0. The van der Waals surface area contributed by atoms with Crippen LogP contribution in [-0.4, -0.2) is 4.98 Å². The van der Waals surface area contributed by atoms with Gasteiger partial charge in [0, 0.05) is 5.56 Å². The van der Waals surface area contributed by atoms with Crippen LogP contribution in [0, 0.1) is 31.0 Å². The highest BCUT2D eigenvalue weighted by Crippen LogP contribution is 2.33. The van der Waals surface area contributed by atoms with Crippen molar-refractivity contribution >= 4 is 22.9 Å². The summed E-state index contributed by atoms with van der Waals surface area (Å²) in [5.41, 5.74) is 1.40. The normalized spacial score (nSPS) is 10.3. The molecule has 0 saturated carbocycles. The zero-order valence-corrected chi connectivity index (χ0v) is 10.8. The van der Waals surface area contributed by atoms with E-state index in [2.05, 4.69) is 11.1 Å². The predicted octanol–water partition coefficient (Wildman–Crippen LogP) is 4.09. The molecule has 0 radical (unpaired) electrons. The molecular formula is C12H8ClFN2S. The van der Waals surface area contributed by atoms with E-state index < -0.39 is 0 Å². The Morgan fingerprint density at radius 1 is 1.41 bits per heavy atom. The fraction of sp³-hybridized carbons (Fsp3) is 0.167. The molecule has 0 aliphatic carbocycles. The van der Waals surface area contributed by atoms with Gasteiger partial charge in [-0.2, -0.15) is 5.26 Å². The molecule has 0 unspecified atom stereocenters. The van der Waals surface area contributed by atoms with Crippen molar-refractivity contribution in [2.75, 3.05) is 0 Å². The van der Waals surface area contributed by atoms with E-state index in [9.17, 15) is 4.39 Å². The Hall–Kier alpha value is -1.44. The molecule has 17 heavy (non-hydrogen) atoms. The van der Waals surface area contributed by atoms with E-state index in [0.717, 1.165) is 5.01 Å². The Labute approximate surface area is 107 Å². The average Bonchev–Trinajstić information content (AvgIpc) is 2.64. The molecule has 2 nitrogen and oxygen atoms in total. The van der Waals surface area contributed by atoms with Crippen LogP contribution in [0.3, 0.4) is 0 Å². The van der Waals surface area contributed by atoms with Crippen molar-refractivity contribution in [2.24, 2.45) is 0 Å². The van der Waals surface area contributed by atoms with Crippen LogP contribution >= 0.6 is 22.9 Å². The first-order valence-electron chi connectivity index (χ1n) is 4.86. The third-order valence-corrected chi connectivity index (χ3v) is 3.53. The first-order valence-corrected chi connectivity index (χ1v) is 6.06. The maximum Gasteiger partial charge on any atom is 0.132 e. The standard InChI is InChI=1S/C12H8ClFN2S/c1-6-3-9(13)8(4-10(6)14)12-11(5-15)17-7(2)16-12/h3-4H,1-2H3. The number of rotatable bonds is 1. The van der Waals surface area contributed by atoms with E-state index in [-0.39, 0.29) is 5.82 Å². The molecule has 0 aliphatic heterocycles. The molecule has 0 N–H and O–H groups in total. The second-order valence-electron chi connectivity index (χ2n) is 3.60. The van der Waals surface area contributed by atoms with E-state index in [1.807, 2.05) is 0 Å². The summed E-state index contributed by atoms with van der Waals surface area (Å²) in [5, 5.41) is 10.2. The van der Waals surface area contributed by atoms with Crippen molar-refractivity contribution in [1.82, 2.24) is 4.98 Å². The van der Waals surface area contributed by atoms with Crippen LogP contribution in [-0.2, 0) is 0 Å². The number of halogens is 2. The topological polar surface area (TPSA) is 36.7 Å². The van der Waals surface area contributed by atoms with Gasteiger partial charge < -0.3 is 0 Å². The van der Waals surface area contributed by atoms with Crippen LogP contribution in [0.25, 0.3) is 11.3 Å². The summed E-state index contributed by atoms with van der Waals surface area (Å²) in [6, 6.07) is 4.92. The average molecular weight is 267 g/mol. The fourth-order valence-electron chi connectivity index (χ4n) is 1.51. The summed E-state index contributed by atoms with van der Waals surface area (Å²) in [6.45, 7) is 3.44. The second kappa shape index (κ2) is 4.44. The van der Waals surface area contributed by atoms with Gasteiger partial charge in [-0.25, -0.2) is 9.37 Å². The number of aromatic nitrogens is 1. The Morgan fingerprint density at radius 3 is 2.76 bits per heavy atom. The summed E-state index contributed by atoms with van der Waals surface area (Å²) in [6.07, 6.45) is 0. The molecule has 0 saturated heterocycles. The van der Waals surface area contributed by atoms with Gasteiger partial charge in [0.15, 0.2) is 0 Å². The Kier molecular flexibility index (Phi) is 3.14. The molecule has 86 valence electrons. The van der Waals surface area contributed by atoms with Crippen molar-refractivity contribution in [3.05, 3.63) is 38.4 Å². The van der Waals surface area contributed by atoms with Gasteiger partial charge in [0.05, 0.1) is 10.0 Å². The monoisotopic (exact) mass is 266 g/mol. The molecule has 0 spiro atoms. The Morgan fingerprint density at radius 2 is 2.12 bits per heavy atom. The molecule has 1 aromatic heterocycles. The summed E-state index contributed by atoms with van der Waals surface area (Å²) < 4.78 is 13.5. The third kappa shape index (κ3) is 2.17. The highest BCUT2D eigenvalue weighted by Gasteiger charge is 2.15. The quantitative estimate of drug-likeness (QED) is 0.779. The number of aryl methyl sites for hydroxylation is 2. The van der Waals surface area contributed by atoms with Crippen molar-refractivity contribution in [3.8, 4) is 17.3 Å². The number of nitriles is 1. The zero-order valence-electron chi connectivity index (χ0n) is 9.21. The van der Waals surface area contributed by atoms with Gasteiger partial charge in [0.25, 0.3) is 0 Å². The van der Waals surface area contributed by atoms with Crippen LogP contribution in [0.2, 0.25) is 5.02 Å². The van der Waals surface area contributed by atoms with Gasteiger partial charge in [0.2, 0.25) is 0 Å². The molecule has 0 aliphatic rings. The lowest BCUT2D eigenvalue weighted by Gasteiger charge is -2.04. The zero-order chi connectivity index (χ0) is 12.6. The number of hydrogen-bond acceptors (Lipinski definition) is 3. The van der Waals surface area contributed by atoms with Gasteiger partial charge >= 0.3 is 0 Å². The van der Waals surface area contributed by atoms with Crippen LogP contribution in [0.4, 0.5) is 4.39 Å². The molecule has 0 fully saturated rings. The molecule has 2 aromatic rings. The molecule has 2 rings (SSSR count). The van der Waals surface area contributed by atoms with Crippen molar-refractivity contribution < 1.29 is 4.39 Å². The summed E-state index contributed by atoms with van der Waals surface area (Å²) in [5.74, 6) is -0.348. The fourth-order valence-corrected chi connectivity index (χ4v) is 2.55. The van der Waals surface area contributed by atoms with Gasteiger partial charge in [0.1, 0.15) is 22.5 Å². The van der Waals surface area contributed by atoms with Crippen molar-refractivity contribution in [2.45, 2.75) is 13.8 Å². The lowest BCUT2D eigenvalue weighted by atomic mass is 10.1. The summed E-state index contributed by atoms with van der Waals surface area (Å²) in [4.78, 5) is 4.68. The Balaban J connectivity index is 2.69. The van der Waals surface area contributed by atoms with Gasteiger partial charge in [-0.05, 0) is 31.5 Å². The first kappa shape index (κ1) is 12.0. The molecular weight excluding hydrogens is 259 g/mol. The lowest BCUT2D eigenvalue weighted by molar-refractivity contribution is 0.619. The van der Waals surface area contributed by atoms with E-state index in [1.165, 1.54) is 17.4 Å². The van der Waals surface area contributed by atoms with Crippen LogP contribution in [0.1, 0.15) is 15.4 Å². The predicted molar refractivity (Wildman–Crippen MR) is 66.7 cm³/mol. The second-order valence-corrected chi connectivity index (χ2v) is 5.21. The number of thiazole rings is 1. The largest absolute Gasteiger partial charge is 0.240 e. The van der Waals surface area contributed by atoms with E-state index >= 15 is 0 Å². The van der Waals surface area contributed by atoms with Crippen molar-refractivity contribution in [3.63, 3.8) is 0 Å². The van der Waals surface area contributed by atoms with E-state index in [4.69, 9.17) is 16.9 Å². The van der Waals surface area contributed by atoms with Gasteiger partial charge in [-0.1, -0.05) is 11.6 Å². The summed E-state index contributed by atoms with van der Waals surface area (Å²) >= 11 is 7.34. The minimum Gasteiger partial charge on any atom is -0.240 e. The van der Waals surface area contributed by atoms with Gasteiger partial charge in [-0.3, -0.25) is 0 Å². The molecule has 5 heteroatoms. The molecule has 0 bridgehead atoms. The minimum atomic E-state index is -0.348. The maximum atomic E-state index is 13.5. The summed E-state index contributed by atoms with van der Waals surface area (Å²) in [7, 11) is 0. The highest BCUT2D eigenvalue weighted by atomic mass is 35.5. The van der Waals surface area contributed by atoms with Crippen LogP contribution in [0.5, 0.6) is 0 Å². The van der Waals surface area contributed by atoms with Crippen LogP contribution < -0.4 is 0 Å². The molecule has 0 amide bonds. The third-order valence-electron chi connectivity index (χ3n) is 2.34. The smallest absolute Gasteiger partial charge is 0.132 e. The van der Waals surface area contributed by atoms with Crippen LogP contribution in [0.15, 0.2) is 12.1 Å². The highest BCUT2D eigenvalue weighted by molar-refractivity contribution is 7.12. The van der Waals surface area contributed by atoms with Crippen molar-refractivity contribution in [1.29, 1.82) is 5.26 Å². The molecule has 0 atom stereocenters. The lowest BCUT2D eigenvalue weighted by Crippen LogP contribution is -1.88. The SMILES string of the molecule is Cc1nc(-c2cc(F)c(C)cc2Cl)c(C#N)s1. The van der Waals surface area contributed by atoms with Gasteiger partial charge in [-0.15, -0.1) is 11.3 Å². The number of benzene rings is 1. The van der Waals surface area contributed by atoms with E-state index in [0.29, 0.717) is 26.7 Å². The number of nitrogens with zero attached hydrogens (tertiary/aromatic N) is 2. The van der Waals surface area contributed by atoms with E-state index in [1.54, 1.807) is 19.9 Å². The Bertz CT molecular complexity index is 628. The molecule has 1 aromatic carbocycles. The molecule has 1 heterocycles. The maximum absolute atomic E-state index is 13.5.